The molecular weight excluding hydrogens is 242 g/mol. The minimum absolute atomic E-state index is 0.555. The van der Waals surface area contributed by atoms with Crippen LogP contribution in [0.5, 0.6) is 0 Å². The fraction of sp³-hybridized carbons (Fsp3) is 0.684. The van der Waals surface area contributed by atoms with Crippen molar-refractivity contribution in [2.45, 2.75) is 65.8 Å². The normalized spacial score (nSPS) is 24.6. The second-order valence-corrected chi connectivity index (χ2v) is 6.77. The molecule has 1 fully saturated rings. The van der Waals surface area contributed by atoms with E-state index in [0.29, 0.717) is 6.04 Å². The van der Waals surface area contributed by atoms with Gasteiger partial charge in [0.2, 0.25) is 0 Å². The number of aryl methyl sites for hydroxylation is 2. The van der Waals surface area contributed by atoms with Gasteiger partial charge in [0.15, 0.2) is 0 Å². The monoisotopic (exact) mass is 273 g/mol. The van der Waals surface area contributed by atoms with E-state index in [9.17, 15) is 0 Å². The highest BCUT2D eigenvalue weighted by molar-refractivity contribution is 5.36. The van der Waals surface area contributed by atoms with Crippen molar-refractivity contribution < 1.29 is 0 Å². The molecule has 1 nitrogen and oxygen atoms in total. The van der Waals surface area contributed by atoms with Crippen LogP contribution in [0.3, 0.4) is 0 Å². The molecule has 0 spiro atoms. The molecule has 0 aromatic heterocycles. The van der Waals surface area contributed by atoms with Gasteiger partial charge in [-0.1, -0.05) is 44.9 Å². The average molecular weight is 273 g/mol. The third-order valence-electron chi connectivity index (χ3n) is 4.92. The fourth-order valence-corrected chi connectivity index (χ4v) is 3.91. The molecule has 1 aliphatic carbocycles. The second-order valence-electron chi connectivity index (χ2n) is 6.77. The number of hydrogen-bond donors (Lipinski definition) is 1. The van der Waals surface area contributed by atoms with E-state index < -0.39 is 0 Å². The third-order valence-corrected chi connectivity index (χ3v) is 4.92. The lowest BCUT2D eigenvalue weighted by molar-refractivity contribution is 0.223. The Morgan fingerprint density at radius 2 is 1.90 bits per heavy atom. The van der Waals surface area contributed by atoms with E-state index in [0.717, 1.165) is 18.4 Å². The van der Waals surface area contributed by atoms with Gasteiger partial charge in [-0.15, -0.1) is 0 Å². The number of nitrogens with one attached hydrogen (secondary N) is 1. The summed E-state index contributed by atoms with van der Waals surface area (Å²) in [6.07, 6.45) is 6.81. The van der Waals surface area contributed by atoms with Crippen LogP contribution >= 0.6 is 0 Å². The Morgan fingerprint density at radius 1 is 1.20 bits per heavy atom. The molecule has 0 bridgehead atoms. The van der Waals surface area contributed by atoms with Gasteiger partial charge in [0.05, 0.1) is 0 Å². The molecule has 1 heteroatoms. The first kappa shape index (κ1) is 15.6. The average Bonchev–Trinajstić information content (AvgIpc) is 2.42. The Kier molecular flexibility index (Phi) is 5.65. The summed E-state index contributed by atoms with van der Waals surface area (Å²) in [5.74, 6) is 1.70. The molecule has 1 aromatic rings. The highest BCUT2D eigenvalue weighted by Crippen LogP contribution is 2.39. The Bertz CT molecular complexity index is 404. The van der Waals surface area contributed by atoms with Gasteiger partial charge in [0.1, 0.15) is 0 Å². The van der Waals surface area contributed by atoms with Gasteiger partial charge >= 0.3 is 0 Å². The molecule has 1 N–H and O–H groups in total. The van der Waals surface area contributed by atoms with Gasteiger partial charge in [0.25, 0.3) is 0 Å². The van der Waals surface area contributed by atoms with Crippen molar-refractivity contribution in [3.8, 4) is 0 Å². The Balaban J connectivity index is 2.26. The van der Waals surface area contributed by atoms with Crippen molar-refractivity contribution in [2.75, 3.05) is 6.54 Å². The summed E-state index contributed by atoms with van der Waals surface area (Å²) < 4.78 is 0. The maximum atomic E-state index is 3.86. The molecule has 20 heavy (non-hydrogen) atoms. The quantitative estimate of drug-likeness (QED) is 0.780. The molecule has 0 radical (unpaired) electrons. The first-order valence-electron chi connectivity index (χ1n) is 8.43. The molecule has 112 valence electrons. The molecule has 0 amide bonds. The van der Waals surface area contributed by atoms with E-state index >= 15 is 0 Å². The maximum absolute atomic E-state index is 3.86. The topological polar surface area (TPSA) is 12.0 Å². The van der Waals surface area contributed by atoms with Crippen molar-refractivity contribution in [3.05, 3.63) is 34.9 Å². The van der Waals surface area contributed by atoms with Crippen molar-refractivity contribution in [1.82, 2.24) is 5.32 Å². The highest BCUT2D eigenvalue weighted by Gasteiger charge is 2.29. The van der Waals surface area contributed by atoms with Crippen LogP contribution in [0.1, 0.15) is 68.7 Å². The minimum atomic E-state index is 0.555. The van der Waals surface area contributed by atoms with Crippen LogP contribution in [0.2, 0.25) is 0 Å². The Hall–Kier alpha value is -0.820. The van der Waals surface area contributed by atoms with Gasteiger partial charge in [0, 0.05) is 6.04 Å². The van der Waals surface area contributed by atoms with Crippen molar-refractivity contribution >= 4 is 0 Å². The summed E-state index contributed by atoms with van der Waals surface area (Å²) in [6, 6.07) is 7.29. The molecule has 1 saturated carbocycles. The summed E-state index contributed by atoms with van der Waals surface area (Å²) in [7, 11) is 0. The van der Waals surface area contributed by atoms with Gasteiger partial charge in [-0.05, 0) is 68.2 Å². The largest absolute Gasteiger partial charge is 0.310 e. The van der Waals surface area contributed by atoms with Crippen LogP contribution in [-0.4, -0.2) is 6.54 Å². The summed E-state index contributed by atoms with van der Waals surface area (Å²) in [5, 5.41) is 3.86. The van der Waals surface area contributed by atoms with Crippen LogP contribution in [-0.2, 0) is 0 Å². The number of rotatable bonds is 5. The van der Waals surface area contributed by atoms with Crippen molar-refractivity contribution in [2.24, 2.45) is 11.8 Å². The predicted molar refractivity (Wildman–Crippen MR) is 88.1 cm³/mol. The molecule has 1 aliphatic rings. The summed E-state index contributed by atoms with van der Waals surface area (Å²) >= 11 is 0. The summed E-state index contributed by atoms with van der Waals surface area (Å²) in [6.45, 7) is 10.4. The fourth-order valence-electron chi connectivity index (χ4n) is 3.91. The lowest BCUT2D eigenvalue weighted by atomic mass is 9.75. The predicted octanol–water partition coefficient (Wildman–Crippen LogP) is 5.17. The van der Waals surface area contributed by atoms with Gasteiger partial charge < -0.3 is 5.32 Å². The molecule has 0 heterocycles. The van der Waals surface area contributed by atoms with Crippen LogP contribution in [0.15, 0.2) is 18.2 Å². The summed E-state index contributed by atoms with van der Waals surface area (Å²) in [5.41, 5.74) is 4.48. The van der Waals surface area contributed by atoms with E-state index in [4.69, 9.17) is 0 Å². The number of hydrogen-bond acceptors (Lipinski definition) is 1. The molecule has 0 saturated heterocycles. The van der Waals surface area contributed by atoms with Crippen LogP contribution < -0.4 is 5.32 Å². The van der Waals surface area contributed by atoms with Crippen molar-refractivity contribution in [3.63, 3.8) is 0 Å². The number of benzene rings is 1. The minimum Gasteiger partial charge on any atom is -0.310 e. The molecule has 2 rings (SSSR count). The van der Waals surface area contributed by atoms with Crippen LogP contribution in [0.4, 0.5) is 0 Å². The first-order chi connectivity index (χ1) is 9.63. The zero-order valence-corrected chi connectivity index (χ0v) is 13.7. The Labute approximate surface area is 125 Å². The highest BCUT2D eigenvalue weighted by atomic mass is 14.9. The van der Waals surface area contributed by atoms with Gasteiger partial charge in [-0.2, -0.15) is 0 Å². The smallest absolute Gasteiger partial charge is 0.0354 e. The van der Waals surface area contributed by atoms with E-state index in [1.807, 2.05) is 0 Å². The Morgan fingerprint density at radius 3 is 2.50 bits per heavy atom. The standard InChI is InChI=1S/C19H31N/c1-5-12-20-19(17-11-6-8-14(2)13-17)18-15(3)9-7-10-16(18)4/h7,9-10,14,17,19-20H,5-6,8,11-13H2,1-4H3. The van der Waals surface area contributed by atoms with Crippen molar-refractivity contribution in [1.29, 1.82) is 0 Å². The molecular formula is C19H31N. The zero-order valence-electron chi connectivity index (χ0n) is 13.7. The van der Waals surface area contributed by atoms with E-state index in [-0.39, 0.29) is 0 Å². The lowest BCUT2D eigenvalue weighted by Crippen LogP contribution is -2.32. The molecule has 1 aromatic carbocycles. The van der Waals surface area contributed by atoms with E-state index in [1.54, 1.807) is 5.56 Å². The molecule has 3 unspecified atom stereocenters. The third kappa shape index (κ3) is 3.63. The van der Waals surface area contributed by atoms with Crippen LogP contribution in [0.25, 0.3) is 0 Å². The first-order valence-corrected chi connectivity index (χ1v) is 8.43. The maximum Gasteiger partial charge on any atom is 0.0354 e. The van der Waals surface area contributed by atoms with E-state index in [1.165, 1.54) is 43.2 Å². The van der Waals surface area contributed by atoms with E-state index in [2.05, 4.69) is 51.2 Å². The lowest BCUT2D eigenvalue weighted by Gasteiger charge is -2.35. The second kappa shape index (κ2) is 7.26. The van der Waals surface area contributed by atoms with Crippen LogP contribution in [0, 0.1) is 25.7 Å². The summed E-state index contributed by atoms with van der Waals surface area (Å²) in [4.78, 5) is 0. The van der Waals surface area contributed by atoms with Gasteiger partial charge in [-0.3, -0.25) is 0 Å². The van der Waals surface area contributed by atoms with Gasteiger partial charge in [-0.25, -0.2) is 0 Å². The zero-order chi connectivity index (χ0) is 14.5. The molecule has 0 aliphatic heterocycles. The SMILES string of the molecule is CCCNC(c1c(C)cccc1C)C1CCCC(C)C1. The molecule has 3 atom stereocenters.